The van der Waals surface area contributed by atoms with Crippen molar-refractivity contribution in [3.8, 4) is 17.6 Å². The number of carbonyl (C=O) groups is 3. The van der Waals surface area contributed by atoms with Crippen molar-refractivity contribution in [3.05, 3.63) is 58.2 Å². The number of ketones is 2. The van der Waals surface area contributed by atoms with Crippen LogP contribution in [0.15, 0.2) is 35.9 Å². The average Bonchev–Trinajstić information content (AvgIpc) is 2.86. The number of nitrogens with zero attached hydrogens (tertiary/aromatic N) is 1. The molecule has 0 saturated heterocycles. The summed E-state index contributed by atoms with van der Waals surface area (Å²) in [6.45, 7) is 0. The first-order chi connectivity index (χ1) is 18.4. The molecule has 3 aliphatic carbocycles. The van der Waals surface area contributed by atoms with Gasteiger partial charge >= 0.3 is 0 Å². The Labute approximate surface area is 224 Å². The molecular weight excluding hydrogens is 502 g/mol. The first-order valence-electron chi connectivity index (χ1n) is 12.5. The number of hydrogen-bond donors (Lipinski definition) is 6. The molecule has 0 aromatic heterocycles. The van der Waals surface area contributed by atoms with Gasteiger partial charge in [-0.15, -0.1) is 0 Å². The Hall–Kier alpha value is -4.33. The molecule has 39 heavy (non-hydrogen) atoms. The molecular formula is C29H29N3O7. The largest absolute Gasteiger partial charge is 0.507 e. The average molecular weight is 532 g/mol. The molecule has 0 bridgehead atoms. The van der Waals surface area contributed by atoms with Gasteiger partial charge in [-0.2, -0.15) is 0 Å². The second-order valence-corrected chi connectivity index (χ2v) is 10.7. The highest BCUT2D eigenvalue weighted by atomic mass is 16.3. The summed E-state index contributed by atoms with van der Waals surface area (Å²) >= 11 is 0. The maximum atomic E-state index is 13.7. The van der Waals surface area contributed by atoms with Crippen molar-refractivity contribution in [2.24, 2.45) is 23.5 Å². The van der Waals surface area contributed by atoms with Crippen molar-refractivity contribution in [2.75, 3.05) is 24.7 Å². The standard InChI is InChI=1S/C29H29N3O7/c1-32(2)19-11-14(6-3-13-4-7-17(30)8-5-13)24(34)22-18(19)10-15-9-16-12-20(33)23(28(31)38)27(37)29(16,39)26(36)21(15)25(22)35/h4-5,7-8,11,15-16,20,23,33-35,39H,9-10,12,30H2,1-2H3,(H2,31,38)/t15-,16+,20?,23?,29+/m1/s1. The maximum absolute atomic E-state index is 13.7. The Kier molecular flexibility index (Phi) is 6.17. The zero-order chi connectivity index (χ0) is 28.4. The van der Waals surface area contributed by atoms with E-state index >= 15 is 0 Å². The van der Waals surface area contributed by atoms with Crippen molar-refractivity contribution in [3.63, 3.8) is 0 Å². The van der Waals surface area contributed by atoms with Crippen molar-refractivity contribution in [2.45, 2.75) is 31.0 Å². The van der Waals surface area contributed by atoms with Gasteiger partial charge < -0.3 is 36.8 Å². The van der Waals surface area contributed by atoms with Gasteiger partial charge in [0, 0.05) is 42.5 Å². The minimum atomic E-state index is -2.62. The second-order valence-electron chi connectivity index (χ2n) is 10.7. The van der Waals surface area contributed by atoms with E-state index in [2.05, 4.69) is 11.8 Å². The Morgan fingerprint density at radius 3 is 2.38 bits per heavy atom. The number of benzene rings is 2. The molecule has 2 fully saturated rings. The number of nitrogen functional groups attached to an aromatic ring is 1. The third-order valence-electron chi connectivity index (χ3n) is 8.09. The molecule has 0 spiro atoms. The summed E-state index contributed by atoms with van der Waals surface area (Å²) in [7, 11) is 3.59. The summed E-state index contributed by atoms with van der Waals surface area (Å²) in [5, 5.41) is 44.5. The number of phenols is 1. The van der Waals surface area contributed by atoms with E-state index in [0.29, 0.717) is 22.5 Å². The molecule has 5 rings (SSSR count). The molecule has 3 aliphatic rings. The maximum Gasteiger partial charge on any atom is 0.230 e. The summed E-state index contributed by atoms with van der Waals surface area (Å²) < 4.78 is 0. The highest BCUT2D eigenvalue weighted by molar-refractivity contribution is 6.24. The second kappa shape index (κ2) is 9.15. The fourth-order valence-corrected chi connectivity index (χ4v) is 6.17. The molecule has 10 nitrogen and oxygen atoms in total. The number of aliphatic hydroxyl groups excluding tert-OH is 2. The number of hydrogen-bond acceptors (Lipinski definition) is 9. The highest BCUT2D eigenvalue weighted by Crippen LogP contribution is 2.53. The summed E-state index contributed by atoms with van der Waals surface area (Å²) in [5.41, 5.74) is 10.9. The van der Waals surface area contributed by atoms with E-state index in [-0.39, 0.29) is 41.7 Å². The van der Waals surface area contributed by atoms with E-state index in [4.69, 9.17) is 11.5 Å². The van der Waals surface area contributed by atoms with Crippen LogP contribution in [0.2, 0.25) is 0 Å². The monoisotopic (exact) mass is 531 g/mol. The number of Topliss-reactive ketones (excluding diaryl/α,β-unsaturated/α-hetero) is 2. The minimum Gasteiger partial charge on any atom is -0.507 e. The van der Waals surface area contributed by atoms with E-state index < -0.39 is 52.7 Å². The topological polar surface area (TPSA) is 187 Å². The van der Waals surface area contributed by atoms with Gasteiger partial charge in [-0.3, -0.25) is 14.4 Å². The van der Waals surface area contributed by atoms with Crippen LogP contribution in [0.1, 0.15) is 35.1 Å². The molecule has 0 heterocycles. The highest BCUT2D eigenvalue weighted by Gasteiger charge is 2.64. The lowest BCUT2D eigenvalue weighted by Gasteiger charge is -2.48. The van der Waals surface area contributed by atoms with Gasteiger partial charge in [-0.25, -0.2) is 0 Å². The number of rotatable bonds is 2. The van der Waals surface area contributed by atoms with Crippen LogP contribution < -0.4 is 16.4 Å². The van der Waals surface area contributed by atoms with E-state index in [9.17, 15) is 34.8 Å². The SMILES string of the molecule is CN(C)c1cc(C#Cc2ccc(N)cc2)c(O)c2c1C[C@H]1C[C@H]3CC(O)C(C(N)=O)C(=O)[C@@]3(O)C(=O)C1=C2O. The van der Waals surface area contributed by atoms with Gasteiger partial charge in [-0.05, 0) is 61.1 Å². The number of carbonyl (C=O) groups excluding carboxylic acids is 3. The lowest BCUT2D eigenvalue weighted by Crippen LogP contribution is -2.66. The van der Waals surface area contributed by atoms with E-state index in [0.717, 1.165) is 0 Å². The number of aromatic hydroxyl groups is 1. The lowest BCUT2D eigenvalue weighted by molar-refractivity contribution is -0.174. The summed E-state index contributed by atoms with van der Waals surface area (Å²) in [6.07, 6.45) is -1.28. The smallest absolute Gasteiger partial charge is 0.230 e. The summed E-state index contributed by atoms with van der Waals surface area (Å²) in [6, 6.07) is 8.54. The normalized spacial score (nSPS) is 27.6. The molecule has 10 heteroatoms. The lowest BCUT2D eigenvalue weighted by atomic mass is 9.56. The molecule has 5 atom stereocenters. The van der Waals surface area contributed by atoms with Gasteiger partial charge in [-0.1, -0.05) is 11.8 Å². The van der Waals surface area contributed by atoms with Crippen LogP contribution in [0, 0.1) is 29.6 Å². The van der Waals surface area contributed by atoms with Crippen molar-refractivity contribution < 1.29 is 34.8 Å². The number of fused-ring (bicyclic) bond motifs is 3. The fourth-order valence-electron chi connectivity index (χ4n) is 6.17. The first kappa shape index (κ1) is 26.3. The molecule has 2 saturated carbocycles. The van der Waals surface area contributed by atoms with Gasteiger partial charge in [0.05, 0.1) is 17.2 Å². The van der Waals surface area contributed by atoms with Crippen LogP contribution in [0.5, 0.6) is 5.75 Å². The number of primary amides is 1. The molecule has 202 valence electrons. The zero-order valence-corrected chi connectivity index (χ0v) is 21.4. The summed E-state index contributed by atoms with van der Waals surface area (Å²) in [5.74, 6) is -1.69. The molecule has 1 amide bonds. The Bertz CT molecular complexity index is 1520. The van der Waals surface area contributed by atoms with Crippen LogP contribution in [-0.2, 0) is 20.8 Å². The number of phenolic OH excluding ortho intramolecular Hbond substituents is 1. The molecule has 0 aliphatic heterocycles. The molecule has 8 N–H and O–H groups in total. The Morgan fingerprint density at radius 2 is 1.77 bits per heavy atom. The van der Waals surface area contributed by atoms with Gasteiger partial charge in [0.15, 0.2) is 11.4 Å². The van der Waals surface area contributed by atoms with Gasteiger partial charge in [0.2, 0.25) is 11.7 Å². The van der Waals surface area contributed by atoms with Gasteiger partial charge in [0.1, 0.15) is 17.4 Å². The third kappa shape index (κ3) is 3.93. The number of anilines is 2. The fraction of sp³-hybridized carbons (Fsp3) is 0.345. The van der Waals surface area contributed by atoms with Crippen LogP contribution in [0.25, 0.3) is 5.76 Å². The quantitative estimate of drug-likeness (QED) is 0.184. The van der Waals surface area contributed by atoms with Crippen molar-refractivity contribution >= 4 is 34.6 Å². The predicted octanol–water partition coefficient (Wildman–Crippen LogP) is 0.637. The Balaban J connectivity index is 1.66. The molecule has 2 aromatic rings. The minimum absolute atomic E-state index is 0.000740. The van der Waals surface area contributed by atoms with E-state index in [1.807, 2.05) is 0 Å². The van der Waals surface area contributed by atoms with Crippen molar-refractivity contribution in [1.82, 2.24) is 0 Å². The molecule has 2 unspecified atom stereocenters. The number of nitrogens with two attached hydrogens (primary N) is 2. The van der Waals surface area contributed by atoms with E-state index in [1.165, 1.54) is 0 Å². The zero-order valence-electron chi connectivity index (χ0n) is 21.4. The molecule has 0 radical (unpaired) electrons. The number of aliphatic hydroxyl groups is 3. The predicted molar refractivity (Wildman–Crippen MR) is 142 cm³/mol. The van der Waals surface area contributed by atoms with Crippen LogP contribution in [-0.4, -0.2) is 63.7 Å². The van der Waals surface area contributed by atoms with Crippen molar-refractivity contribution in [1.29, 1.82) is 0 Å². The van der Waals surface area contributed by atoms with Crippen LogP contribution in [0.4, 0.5) is 11.4 Å². The number of amides is 1. The van der Waals surface area contributed by atoms with Gasteiger partial charge in [0.25, 0.3) is 0 Å². The van der Waals surface area contributed by atoms with Crippen LogP contribution >= 0.6 is 0 Å². The first-order valence-corrected chi connectivity index (χ1v) is 12.5. The molecule has 2 aromatic carbocycles. The summed E-state index contributed by atoms with van der Waals surface area (Å²) in [4.78, 5) is 40.6. The van der Waals surface area contributed by atoms with E-state index in [1.54, 1.807) is 49.3 Å². The third-order valence-corrected chi connectivity index (χ3v) is 8.09. The Morgan fingerprint density at radius 1 is 1.10 bits per heavy atom. The van der Waals surface area contributed by atoms with Crippen LogP contribution in [0.3, 0.4) is 0 Å².